The predicted molar refractivity (Wildman–Crippen MR) is 75.7 cm³/mol. The molecule has 0 atom stereocenters. The van der Waals surface area contributed by atoms with Crippen LogP contribution in [0.25, 0.3) is 0 Å². The zero-order chi connectivity index (χ0) is 14.7. The Morgan fingerprint density at radius 2 is 2.20 bits per heavy atom. The molecule has 0 spiro atoms. The van der Waals surface area contributed by atoms with E-state index in [9.17, 15) is 10.1 Å². The first-order chi connectivity index (χ1) is 9.52. The molecule has 0 saturated heterocycles. The number of anilines is 2. The zero-order valence-electron chi connectivity index (χ0n) is 11.5. The van der Waals surface area contributed by atoms with E-state index in [-0.39, 0.29) is 11.5 Å². The van der Waals surface area contributed by atoms with Crippen LogP contribution in [-0.2, 0) is 13.6 Å². The summed E-state index contributed by atoms with van der Waals surface area (Å²) in [5, 5.41) is 21.0. The molecule has 0 saturated carbocycles. The van der Waals surface area contributed by atoms with Gasteiger partial charge in [0, 0.05) is 38.0 Å². The summed E-state index contributed by atoms with van der Waals surface area (Å²) in [6.45, 7) is 2.37. The average molecular weight is 276 g/mol. The molecule has 8 heteroatoms. The standard InChI is InChI=1S/C12H16N6O2/c1-8-9(7-15-17(8)3)6-14-12-10(18(19)20)4-5-11(13-2)16-12/h4-5,7H,6H2,1-3H3,(H2,13,14,16). The molecule has 0 radical (unpaired) electrons. The molecule has 0 amide bonds. The number of nitro groups is 1. The van der Waals surface area contributed by atoms with Crippen molar-refractivity contribution < 1.29 is 4.92 Å². The number of nitrogens with one attached hydrogen (secondary N) is 2. The van der Waals surface area contributed by atoms with Gasteiger partial charge in [0.1, 0.15) is 5.82 Å². The topological polar surface area (TPSA) is 97.9 Å². The molecule has 0 aliphatic carbocycles. The largest absolute Gasteiger partial charge is 0.373 e. The summed E-state index contributed by atoms with van der Waals surface area (Å²) < 4.78 is 1.75. The quantitative estimate of drug-likeness (QED) is 0.637. The van der Waals surface area contributed by atoms with E-state index >= 15 is 0 Å². The number of aryl methyl sites for hydroxylation is 1. The van der Waals surface area contributed by atoms with Gasteiger partial charge in [-0.25, -0.2) is 4.98 Å². The van der Waals surface area contributed by atoms with Crippen molar-refractivity contribution in [2.75, 3.05) is 17.7 Å². The molecule has 2 heterocycles. The third-order valence-corrected chi connectivity index (χ3v) is 3.11. The van der Waals surface area contributed by atoms with Crippen molar-refractivity contribution in [3.8, 4) is 0 Å². The van der Waals surface area contributed by atoms with E-state index in [0.29, 0.717) is 12.4 Å². The molecule has 2 aromatic rings. The van der Waals surface area contributed by atoms with Gasteiger partial charge < -0.3 is 10.6 Å². The minimum atomic E-state index is -0.453. The highest BCUT2D eigenvalue weighted by molar-refractivity contribution is 5.60. The van der Waals surface area contributed by atoms with Crippen LogP contribution in [-0.4, -0.2) is 26.7 Å². The zero-order valence-corrected chi connectivity index (χ0v) is 11.5. The lowest BCUT2D eigenvalue weighted by atomic mass is 10.2. The monoisotopic (exact) mass is 276 g/mol. The second-order valence-corrected chi connectivity index (χ2v) is 4.30. The molecule has 0 fully saturated rings. The third-order valence-electron chi connectivity index (χ3n) is 3.11. The molecule has 0 aliphatic rings. The first kappa shape index (κ1) is 13.8. The maximum absolute atomic E-state index is 11.0. The van der Waals surface area contributed by atoms with Crippen LogP contribution in [0.5, 0.6) is 0 Å². The van der Waals surface area contributed by atoms with Gasteiger partial charge in [-0.05, 0) is 13.0 Å². The Bertz CT molecular complexity index is 637. The van der Waals surface area contributed by atoms with Crippen molar-refractivity contribution in [1.29, 1.82) is 0 Å². The van der Waals surface area contributed by atoms with Crippen LogP contribution in [0.2, 0.25) is 0 Å². The molecular formula is C12H16N6O2. The molecule has 20 heavy (non-hydrogen) atoms. The van der Waals surface area contributed by atoms with Gasteiger partial charge in [-0.1, -0.05) is 0 Å². The first-order valence-corrected chi connectivity index (χ1v) is 6.07. The summed E-state index contributed by atoms with van der Waals surface area (Å²) in [4.78, 5) is 14.7. The van der Waals surface area contributed by atoms with Crippen LogP contribution >= 0.6 is 0 Å². The Morgan fingerprint density at radius 1 is 1.45 bits per heavy atom. The van der Waals surface area contributed by atoms with Crippen molar-refractivity contribution in [2.45, 2.75) is 13.5 Å². The number of pyridine rings is 1. The van der Waals surface area contributed by atoms with Crippen molar-refractivity contribution in [2.24, 2.45) is 7.05 Å². The molecule has 0 unspecified atom stereocenters. The number of hydrogen-bond donors (Lipinski definition) is 2. The van der Waals surface area contributed by atoms with Gasteiger partial charge in [-0.2, -0.15) is 5.10 Å². The molecule has 0 aromatic carbocycles. The van der Waals surface area contributed by atoms with Gasteiger partial charge in [0.2, 0.25) is 5.82 Å². The second-order valence-electron chi connectivity index (χ2n) is 4.30. The van der Waals surface area contributed by atoms with Crippen LogP contribution in [0.1, 0.15) is 11.3 Å². The molecule has 2 aromatic heterocycles. The van der Waals surface area contributed by atoms with E-state index < -0.39 is 4.92 Å². The Kier molecular flexibility index (Phi) is 3.83. The van der Waals surface area contributed by atoms with Crippen LogP contribution in [0.3, 0.4) is 0 Å². The lowest BCUT2D eigenvalue weighted by molar-refractivity contribution is -0.384. The average Bonchev–Trinajstić information content (AvgIpc) is 2.76. The van der Waals surface area contributed by atoms with E-state index in [2.05, 4.69) is 20.7 Å². The number of rotatable bonds is 5. The van der Waals surface area contributed by atoms with E-state index in [4.69, 9.17) is 0 Å². The van der Waals surface area contributed by atoms with Crippen molar-refractivity contribution in [1.82, 2.24) is 14.8 Å². The first-order valence-electron chi connectivity index (χ1n) is 6.07. The normalized spacial score (nSPS) is 10.3. The third kappa shape index (κ3) is 2.68. The molecule has 8 nitrogen and oxygen atoms in total. The fraction of sp³-hybridized carbons (Fsp3) is 0.333. The maximum Gasteiger partial charge on any atom is 0.311 e. The SMILES string of the molecule is CNc1ccc([N+](=O)[O-])c(NCc2cnn(C)c2C)n1. The highest BCUT2D eigenvalue weighted by Crippen LogP contribution is 2.24. The fourth-order valence-corrected chi connectivity index (χ4v) is 1.77. The molecule has 2 N–H and O–H groups in total. The maximum atomic E-state index is 11.0. The summed E-state index contributed by atoms with van der Waals surface area (Å²) in [6, 6.07) is 3.00. The van der Waals surface area contributed by atoms with Crippen molar-refractivity contribution in [3.05, 3.63) is 39.7 Å². The van der Waals surface area contributed by atoms with Crippen molar-refractivity contribution >= 4 is 17.3 Å². The molecule has 0 aliphatic heterocycles. The van der Waals surface area contributed by atoms with Gasteiger partial charge in [0.15, 0.2) is 0 Å². The Morgan fingerprint density at radius 3 is 2.75 bits per heavy atom. The van der Waals surface area contributed by atoms with Crippen LogP contribution in [0, 0.1) is 17.0 Å². The second kappa shape index (κ2) is 5.55. The smallest absolute Gasteiger partial charge is 0.311 e. The van der Waals surface area contributed by atoms with Gasteiger partial charge in [-0.3, -0.25) is 14.8 Å². The van der Waals surface area contributed by atoms with Crippen LogP contribution < -0.4 is 10.6 Å². The summed E-state index contributed by atoms with van der Waals surface area (Å²) in [7, 11) is 3.56. The van der Waals surface area contributed by atoms with Gasteiger partial charge >= 0.3 is 5.69 Å². The summed E-state index contributed by atoms with van der Waals surface area (Å²) in [5.74, 6) is 0.811. The Hall–Kier alpha value is -2.64. The molecule has 0 bridgehead atoms. The van der Waals surface area contributed by atoms with E-state index in [1.165, 1.54) is 6.07 Å². The van der Waals surface area contributed by atoms with E-state index in [1.54, 1.807) is 24.0 Å². The summed E-state index contributed by atoms with van der Waals surface area (Å²) in [5.41, 5.74) is 1.92. The van der Waals surface area contributed by atoms with Crippen LogP contribution in [0.15, 0.2) is 18.3 Å². The lowest BCUT2D eigenvalue weighted by Crippen LogP contribution is -2.07. The van der Waals surface area contributed by atoms with Gasteiger partial charge in [0.05, 0.1) is 11.1 Å². The molecular weight excluding hydrogens is 260 g/mol. The summed E-state index contributed by atoms with van der Waals surface area (Å²) in [6.07, 6.45) is 1.73. The predicted octanol–water partition coefficient (Wildman–Crippen LogP) is 1.69. The van der Waals surface area contributed by atoms with Crippen LogP contribution in [0.4, 0.5) is 17.3 Å². The molecule has 106 valence electrons. The highest BCUT2D eigenvalue weighted by Gasteiger charge is 2.16. The highest BCUT2D eigenvalue weighted by atomic mass is 16.6. The number of hydrogen-bond acceptors (Lipinski definition) is 6. The van der Waals surface area contributed by atoms with Gasteiger partial charge in [0.25, 0.3) is 0 Å². The minimum absolute atomic E-state index is 0.0504. The summed E-state index contributed by atoms with van der Waals surface area (Å²) >= 11 is 0. The minimum Gasteiger partial charge on any atom is -0.373 e. The lowest BCUT2D eigenvalue weighted by Gasteiger charge is -2.08. The molecule has 2 rings (SSSR count). The number of nitrogens with zero attached hydrogens (tertiary/aromatic N) is 4. The van der Waals surface area contributed by atoms with E-state index in [1.807, 2.05) is 14.0 Å². The Balaban J connectivity index is 2.23. The number of aromatic nitrogens is 3. The Labute approximate surface area is 116 Å². The van der Waals surface area contributed by atoms with E-state index in [0.717, 1.165) is 11.3 Å². The van der Waals surface area contributed by atoms with Crippen molar-refractivity contribution in [3.63, 3.8) is 0 Å². The fourth-order valence-electron chi connectivity index (χ4n) is 1.77. The van der Waals surface area contributed by atoms with Gasteiger partial charge in [-0.15, -0.1) is 0 Å².